The molecular formula is C26H29N3O4. The summed E-state index contributed by atoms with van der Waals surface area (Å²) in [7, 11) is 0. The van der Waals surface area contributed by atoms with E-state index in [9.17, 15) is 9.59 Å². The number of carbonyl (C=O) groups excluding carboxylic acids is 2. The van der Waals surface area contributed by atoms with Gasteiger partial charge in [0.1, 0.15) is 5.75 Å². The molecule has 0 spiro atoms. The maximum atomic E-state index is 13.7. The molecule has 2 aromatic carbocycles. The van der Waals surface area contributed by atoms with Crippen molar-refractivity contribution in [2.45, 2.75) is 52.0 Å². The molecule has 2 aliphatic rings. The van der Waals surface area contributed by atoms with Gasteiger partial charge in [-0.2, -0.15) is 0 Å². The SMILES string of the molecule is CCOC(=O)Oc1cccc2c1C[C@H]1N(C(=O)c3ccc4nc[nH]c4c3)CC[C@]2(C)C1(C)C. The van der Waals surface area contributed by atoms with Crippen LogP contribution < -0.4 is 4.74 Å². The lowest BCUT2D eigenvalue weighted by Crippen LogP contribution is -2.64. The van der Waals surface area contributed by atoms with Crippen molar-refractivity contribution in [1.82, 2.24) is 14.9 Å². The molecule has 5 rings (SSSR count). The zero-order valence-electron chi connectivity index (χ0n) is 19.5. The van der Waals surface area contributed by atoms with Gasteiger partial charge in [0, 0.05) is 29.1 Å². The fourth-order valence-electron chi connectivity index (χ4n) is 5.72. The fraction of sp³-hybridized carbons (Fsp3) is 0.423. The van der Waals surface area contributed by atoms with Crippen LogP contribution in [-0.4, -0.2) is 46.1 Å². The van der Waals surface area contributed by atoms with Gasteiger partial charge in [0.15, 0.2) is 0 Å². The van der Waals surface area contributed by atoms with Crippen LogP contribution in [0.5, 0.6) is 5.75 Å². The molecule has 33 heavy (non-hydrogen) atoms. The zero-order chi connectivity index (χ0) is 23.4. The highest BCUT2D eigenvalue weighted by Crippen LogP contribution is 2.57. The predicted molar refractivity (Wildman–Crippen MR) is 124 cm³/mol. The van der Waals surface area contributed by atoms with E-state index in [1.165, 1.54) is 5.56 Å². The van der Waals surface area contributed by atoms with Gasteiger partial charge in [-0.15, -0.1) is 0 Å². The summed E-state index contributed by atoms with van der Waals surface area (Å²) < 4.78 is 10.6. The molecule has 1 aromatic heterocycles. The number of H-pyrrole nitrogens is 1. The summed E-state index contributed by atoms with van der Waals surface area (Å²) in [5.74, 6) is 0.532. The Bertz CT molecular complexity index is 1250. The third-order valence-corrected chi connectivity index (χ3v) is 7.99. The molecule has 3 aromatic rings. The van der Waals surface area contributed by atoms with Crippen LogP contribution in [0.4, 0.5) is 4.79 Å². The second-order valence-electron chi connectivity index (χ2n) is 9.72. The summed E-state index contributed by atoms with van der Waals surface area (Å²) in [5, 5.41) is 0. The number of likely N-dealkylation sites (tertiary alicyclic amines) is 1. The monoisotopic (exact) mass is 447 g/mol. The number of ether oxygens (including phenoxy) is 2. The number of nitrogens with zero attached hydrogens (tertiary/aromatic N) is 2. The molecule has 0 radical (unpaired) electrons. The standard InChI is InChI=1S/C26H29N3O4/c1-5-32-24(31)33-21-8-6-7-18-17(21)14-22-25(2,3)26(18,4)11-12-29(22)23(30)16-9-10-19-20(13-16)28-15-27-19/h6-10,13,15,22H,5,11-12,14H2,1-4H3,(H,27,28)/t22-,26+/m1/s1. The van der Waals surface area contributed by atoms with Gasteiger partial charge in [0.2, 0.25) is 0 Å². The third kappa shape index (κ3) is 3.21. The molecule has 1 fully saturated rings. The zero-order valence-corrected chi connectivity index (χ0v) is 19.5. The average Bonchev–Trinajstić information content (AvgIpc) is 3.24. The summed E-state index contributed by atoms with van der Waals surface area (Å²) in [6, 6.07) is 11.4. The van der Waals surface area contributed by atoms with Crippen molar-refractivity contribution in [2.24, 2.45) is 5.41 Å². The lowest BCUT2D eigenvalue weighted by Gasteiger charge is -2.60. The van der Waals surface area contributed by atoms with E-state index in [1.54, 1.807) is 13.3 Å². The first-order valence-corrected chi connectivity index (χ1v) is 11.5. The Balaban J connectivity index is 1.54. The number of fused-ring (bicyclic) bond motifs is 5. The molecule has 0 unspecified atom stereocenters. The van der Waals surface area contributed by atoms with E-state index in [4.69, 9.17) is 9.47 Å². The van der Waals surface area contributed by atoms with Crippen molar-refractivity contribution in [3.63, 3.8) is 0 Å². The van der Waals surface area contributed by atoms with Crippen LogP contribution in [0.3, 0.4) is 0 Å². The van der Waals surface area contributed by atoms with Crippen LogP contribution in [0, 0.1) is 5.41 Å². The molecule has 1 saturated heterocycles. The molecule has 7 heteroatoms. The lowest BCUT2D eigenvalue weighted by molar-refractivity contribution is -0.0267. The van der Waals surface area contributed by atoms with Gasteiger partial charge in [-0.1, -0.05) is 32.9 Å². The molecule has 2 heterocycles. The first kappa shape index (κ1) is 21.5. The number of imidazole rings is 1. The van der Waals surface area contributed by atoms with E-state index in [1.807, 2.05) is 35.2 Å². The highest BCUT2D eigenvalue weighted by Gasteiger charge is 2.57. The first-order valence-electron chi connectivity index (χ1n) is 11.5. The normalized spacial score (nSPS) is 23.2. The molecule has 1 aliphatic heterocycles. The van der Waals surface area contributed by atoms with Crippen LogP contribution in [0.2, 0.25) is 0 Å². The van der Waals surface area contributed by atoms with E-state index >= 15 is 0 Å². The van der Waals surface area contributed by atoms with Crippen LogP contribution in [0.1, 0.15) is 55.6 Å². The number of rotatable bonds is 3. The van der Waals surface area contributed by atoms with Crippen LogP contribution >= 0.6 is 0 Å². The van der Waals surface area contributed by atoms with Gasteiger partial charge in [-0.3, -0.25) is 4.79 Å². The number of carbonyl (C=O) groups is 2. The van der Waals surface area contributed by atoms with Crippen molar-refractivity contribution >= 4 is 23.1 Å². The molecule has 2 atom stereocenters. The quantitative estimate of drug-likeness (QED) is 0.458. The number of piperidine rings is 1. The number of aromatic nitrogens is 2. The number of amides is 1. The second kappa shape index (κ2) is 7.61. The molecule has 1 aliphatic carbocycles. The van der Waals surface area contributed by atoms with Gasteiger partial charge in [-0.05, 0) is 55.0 Å². The summed E-state index contributed by atoms with van der Waals surface area (Å²) in [5.41, 5.74) is 4.17. The van der Waals surface area contributed by atoms with Gasteiger partial charge < -0.3 is 19.4 Å². The van der Waals surface area contributed by atoms with Crippen molar-refractivity contribution in [3.05, 3.63) is 59.4 Å². The third-order valence-electron chi connectivity index (χ3n) is 7.99. The van der Waals surface area contributed by atoms with E-state index in [2.05, 4.69) is 36.8 Å². The smallest absolute Gasteiger partial charge is 0.434 e. The molecule has 0 saturated carbocycles. The molecule has 172 valence electrons. The number of benzene rings is 2. The summed E-state index contributed by atoms with van der Waals surface area (Å²) in [6.45, 7) is 9.44. The van der Waals surface area contributed by atoms with Gasteiger partial charge >= 0.3 is 6.16 Å². The Labute approximate surface area is 193 Å². The first-order chi connectivity index (χ1) is 15.8. The Morgan fingerprint density at radius 1 is 1.21 bits per heavy atom. The van der Waals surface area contributed by atoms with Gasteiger partial charge in [0.25, 0.3) is 5.91 Å². The average molecular weight is 448 g/mol. The Hall–Kier alpha value is -3.35. The van der Waals surface area contributed by atoms with E-state index in [-0.39, 0.29) is 29.4 Å². The summed E-state index contributed by atoms with van der Waals surface area (Å²) in [4.78, 5) is 35.1. The van der Waals surface area contributed by atoms with Crippen molar-refractivity contribution < 1.29 is 19.1 Å². The van der Waals surface area contributed by atoms with Crippen LogP contribution in [0.25, 0.3) is 11.0 Å². The molecular weight excluding hydrogens is 418 g/mol. The largest absolute Gasteiger partial charge is 0.513 e. The molecule has 1 N–H and O–H groups in total. The predicted octanol–water partition coefficient (Wildman–Crippen LogP) is 4.85. The highest BCUT2D eigenvalue weighted by atomic mass is 16.7. The van der Waals surface area contributed by atoms with Gasteiger partial charge in [0.05, 0.1) is 24.0 Å². The number of hydrogen-bond acceptors (Lipinski definition) is 5. The number of hydrogen-bond donors (Lipinski definition) is 1. The number of nitrogens with one attached hydrogen (secondary N) is 1. The molecule has 1 amide bonds. The molecule has 7 nitrogen and oxygen atoms in total. The Kier molecular flexibility index (Phi) is 4.96. The lowest BCUT2D eigenvalue weighted by atomic mass is 9.51. The van der Waals surface area contributed by atoms with E-state index in [0.717, 1.165) is 23.0 Å². The fourth-order valence-corrected chi connectivity index (χ4v) is 5.72. The second-order valence-corrected chi connectivity index (χ2v) is 9.72. The molecule has 2 bridgehead atoms. The highest BCUT2D eigenvalue weighted by molar-refractivity contribution is 5.97. The van der Waals surface area contributed by atoms with Crippen LogP contribution in [-0.2, 0) is 16.6 Å². The minimum absolute atomic E-state index is 0.0128. The summed E-state index contributed by atoms with van der Waals surface area (Å²) in [6.07, 6.45) is 2.37. The van der Waals surface area contributed by atoms with Crippen molar-refractivity contribution in [3.8, 4) is 5.75 Å². The van der Waals surface area contributed by atoms with Crippen molar-refractivity contribution in [1.29, 1.82) is 0 Å². The van der Waals surface area contributed by atoms with Crippen LogP contribution in [0.15, 0.2) is 42.7 Å². The Morgan fingerprint density at radius 2 is 2.03 bits per heavy atom. The topological polar surface area (TPSA) is 84.5 Å². The van der Waals surface area contributed by atoms with E-state index < -0.39 is 6.16 Å². The summed E-state index contributed by atoms with van der Waals surface area (Å²) >= 11 is 0. The maximum Gasteiger partial charge on any atom is 0.513 e. The van der Waals surface area contributed by atoms with Gasteiger partial charge in [-0.25, -0.2) is 9.78 Å². The van der Waals surface area contributed by atoms with Crippen molar-refractivity contribution in [2.75, 3.05) is 13.2 Å². The minimum atomic E-state index is -0.702. The Morgan fingerprint density at radius 3 is 2.82 bits per heavy atom. The maximum absolute atomic E-state index is 13.7. The minimum Gasteiger partial charge on any atom is -0.434 e. The van der Waals surface area contributed by atoms with E-state index in [0.29, 0.717) is 24.3 Å². The number of aromatic amines is 1.